The first-order valence-electron chi connectivity index (χ1n) is 7.27. The zero-order valence-corrected chi connectivity index (χ0v) is 12.0. The summed E-state index contributed by atoms with van der Waals surface area (Å²) in [4.78, 5) is 0. The number of alkyl halides is 3. The molecule has 0 spiro atoms. The van der Waals surface area contributed by atoms with Crippen molar-refractivity contribution in [3.63, 3.8) is 0 Å². The molecule has 1 aliphatic rings. The van der Waals surface area contributed by atoms with E-state index < -0.39 is 18.1 Å². The van der Waals surface area contributed by atoms with Gasteiger partial charge in [-0.1, -0.05) is 42.7 Å². The number of halogens is 3. The summed E-state index contributed by atoms with van der Waals surface area (Å²) in [6.07, 6.45) is -1.67. The minimum absolute atomic E-state index is 0.0529. The molecule has 1 aromatic rings. The van der Waals surface area contributed by atoms with Crippen LogP contribution < -0.4 is 5.32 Å². The summed E-state index contributed by atoms with van der Waals surface area (Å²) < 4.78 is 39.2. The highest BCUT2D eigenvalue weighted by Gasteiger charge is 2.45. The van der Waals surface area contributed by atoms with E-state index in [0.717, 1.165) is 17.5 Å². The molecule has 1 nitrogen and oxygen atoms in total. The zero-order chi connectivity index (χ0) is 14.8. The lowest BCUT2D eigenvalue weighted by Gasteiger charge is -2.35. The van der Waals surface area contributed by atoms with Gasteiger partial charge in [0.05, 0.1) is 5.92 Å². The third-order valence-corrected chi connectivity index (χ3v) is 4.19. The average molecular weight is 285 g/mol. The molecule has 1 N–H and O–H groups in total. The molecule has 0 heterocycles. The molecule has 20 heavy (non-hydrogen) atoms. The van der Waals surface area contributed by atoms with Crippen LogP contribution in [0.5, 0.6) is 0 Å². The van der Waals surface area contributed by atoms with Gasteiger partial charge in [-0.2, -0.15) is 13.2 Å². The SMILES string of the molecule is Cc1cccc([C@H](C)NC2CCCCC2C(F)(F)F)c1. The first kappa shape index (κ1) is 15.4. The van der Waals surface area contributed by atoms with Gasteiger partial charge in [-0.25, -0.2) is 0 Å². The maximum Gasteiger partial charge on any atom is 0.393 e. The lowest BCUT2D eigenvalue weighted by molar-refractivity contribution is -0.189. The highest BCUT2D eigenvalue weighted by Crippen LogP contribution is 2.38. The Kier molecular flexibility index (Phi) is 4.74. The highest BCUT2D eigenvalue weighted by molar-refractivity contribution is 5.24. The van der Waals surface area contributed by atoms with Crippen molar-refractivity contribution in [2.75, 3.05) is 0 Å². The molecule has 2 unspecified atom stereocenters. The summed E-state index contributed by atoms with van der Waals surface area (Å²) in [6, 6.07) is 7.43. The summed E-state index contributed by atoms with van der Waals surface area (Å²) in [7, 11) is 0. The number of hydrogen-bond acceptors (Lipinski definition) is 1. The molecule has 0 bridgehead atoms. The Morgan fingerprint density at radius 1 is 1.20 bits per heavy atom. The molecule has 1 aromatic carbocycles. The minimum atomic E-state index is -4.09. The Balaban J connectivity index is 2.07. The van der Waals surface area contributed by atoms with Gasteiger partial charge in [0.25, 0.3) is 0 Å². The second-order valence-electron chi connectivity index (χ2n) is 5.84. The van der Waals surface area contributed by atoms with Crippen molar-refractivity contribution < 1.29 is 13.2 Å². The molecule has 1 saturated carbocycles. The Morgan fingerprint density at radius 3 is 2.55 bits per heavy atom. The van der Waals surface area contributed by atoms with E-state index >= 15 is 0 Å². The van der Waals surface area contributed by atoms with Crippen molar-refractivity contribution >= 4 is 0 Å². The molecular weight excluding hydrogens is 263 g/mol. The largest absolute Gasteiger partial charge is 0.393 e. The van der Waals surface area contributed by atoms with E-state index in [0.29, 0.717) is 12.8 Å². The number of rotatable bonds is 3. The third kappa shape index (κ3) is 3.75. The first-order valence-corrected chi connectivity index (χ1v) is 7.27. The monoisotopic (exact) mass is 285 g/mol. The highest BCUT2D eigenvalue weighted by atomic mass is 19.4. The van der Waals surface area contributed by atoms with E-state index in [4.69, 9.17) is 0 Å². The van der Waals surface area contributed by atoms with Crippen LogP contribution in [0.3, 0.4) is 0 Å². The van der Waals surface area contributed by atoms with Crippen molar-refractivity contribution in [2.45, 2.75) is 57.8 Å². The average Bonchev–Trinajstić information content (AvgIpc) is 2.38. The van der Waals surface area contributed by atoms with Crippen LogP contribution in [0.15, 0.2) is 24.3 Å². The van der Waals surface area contributed by atoms with Gasteiger partial charge in [0.15, 0.2) is 0 Å². The molecule has 3 atom stereocenters. The van der Waals surface area contributed by atoms with Crippen LogP contribution in [0.2, 0.25) is 0 Å². The van der Waals surface area contributed by atoms with Crippen LogP contribution in [0.1, 0.15) is 49.8 Å². The fourth-order valence-electron chi connectivity index (χ4n) is 3.08. The summed E-state index contributed by atoms with van der Waals surface area (Å²) in [5, 5.41) is 3.20. The van der Waals surface area contributed by atoms with E-state index in [1.807, 2.05) is 38.1 Å². The quantitative estimate of drug-likeness (QED) is 0.843. The van der Waals surface area contributed by atoms with Gasteiger partial charge in [0.2, 0.25) is 0 Å². The zero-order valence-electron chi connectivity index (χ0n) is 12.0. The fourth-order valence-corrected chi connectivity index (χ4v) is 3.08. The first-order chi connectivity index (χ1) is 9.38. The van der Waals surface area contributed by atoms with Crippen molar-refractivity contribution in [1.82, 2.24) is 5.32 Å². The van der Waals surface area contributed by atoms with Gasteiger partial charge < -0.3 is 5.32 Å². The molecule has 1 aliphatic carbocycles. The van der Waals surface area contributed by atoms with Crippen molar-refractivity contribution in [3.05, 3.63) is 35.4 Å². The molecular formula is C16H22F3N. The van der Waals surface area contributed by atoms with Gasteiger partial charge in [-0.05, 0) is 32.3 Å². The lowest BCUT2D eigenvalue weighted by atomic mass is 9.83. The molecule has 0 aromatic heterocycles. The summed E-state index contributed by atoms with van der Waals surface area (Å²) >= 11 is 0. The second-order valence-corrected chi connectivity index (χ2v) is 5.84. The fraction of sp³-hybridized carbons (Fsp3) is 0.625. The number of hydrogen-bond donors (Lipinski definition) is 1. The molecule has 2 rings (SSSR count). The molecule has 4 heteroatoms. The summed E-state index contributed by atoms with van der Waals surface area (Å²) in [5.41, 5.74) is 2.18. The molecule has 0 radical (unpaired) electrons. The number of benzene rings is 1. The van der Waals surface area contributed by atoms with Crippen molar-refractivity contribution in [2.24, 2.45) is 5.92 Å². The Hall–Kier alpha value is -1.03. The van der Waals surface area contributed by atoms with E-state index in [2.05, 4.69) is 5.32 Å². The van der Waals surface area contributed by atoms with E-state index in [-0.39, 0.29) is 12.5 Å². The van der Waals surface area contributed by atoms with Gasteiger partial charge in [-0.15, -0.1) is 0 Å². The van der Waals surface area contributed by atoms with Crippen molar-refractivity contribution in [1.29, 1.82) is 0 Å². The molecule has 112 valence electrons. The topological polar surface area (TPSA) is 12.0 Å². The van der Waals surface area contributed by atoms with Crippen LogP contribution in [-0.4, -0.2) is 12.2 Å². The van der Waals surface area contributed by atoms with Gasteiger partial charge in [0, 0.05) is 12.1 Å². The standard InChI is InChI=1S/C16H22F3N/c1-11-6-5-7-13(10-11)12(2)20-15-9-4-3-8-14(15)16(17,18)19/h5-7,10,12,14-15,20H,3-4,8-9H2,1-2H3/t12-,14?,15?/m0/s1. The van der Waals surface area contributed by atoms with Crippen LogP contribution in [0, 0.1) is 12.8 Å². The van der Waals surface area contributed by atoms with E-state index in [1.54, 1.807) is 0 Å². The molecule has 0 aliphatic heterocycles. The smallest absolute Gasteiger partial charge is 0.307 e. The van der Waals surface area contributed by atoms with Gasteiger partial charge in [-0.3, -0.25) is 0 Å². The van der Waals surface area contributed by atoms with Crippen molar-refractivity contribution in [3.8, 4) is 0 Å². The van der Waals surface area contributed by atoms with Crippen LogP contribution in [-0.2, 0) is 0 Å². The summed E-state index contributed by atoms with van der Waals surface area (Å²) in [6.45, 7) is 3.94. The van der Waals surface area contributed by atoms with Crippen LogP contribution in [0.4, 0.5) is 13.2 Å². The molecule has 0 amide bonds. The van der Waals surface area contributed by atoms with Gasteiger partial charge in [0.1, 0.15) is 0 Å². The van der Waals surface area contributed by atoms with E-state index in [1.165, 1.54) is 0 Å². The Morgan fingerprint density at radius 2 is 1.90 bits per heavy atom. The maximum atomic E-state index is 13.1. The molecule has 0 saturated heterocycles. The van der Waals surface area contributed by atoms with Crippen LogP contribution >= 0.6 is 0 Å². The predicted molar refractivity (Wildman–Crippen MR) is 74.5 cm³/mol. The Labute approximate surface area is 118 Å². The Bertz CT molecular complexity index is 442. The minimum Gasteiger partial charge on any atom is -0.307 e. The maximum absolute atomic E-state index is 13.1. The summed E-state index contributed by atoms with van der Waals surface area (Å²) in [5.74, 6) is -1.21. The second kappa shape index (κ2) is 6.17. The predicted octanol–water partition coefficient (Wildman–Crippen LogP) is 4.77. The third-order valence-electron chi connectivity index (χ3n) is 4.19. The normalized spacial score (nSPS) is 25.4. The van der Waals surface area contributed by atoms with Crippen LogP contribution in [0.25, 0.3) is 0 Å². The van der Waals surface area contributed by atoms with E-state index in [9.17, 15) is 13.2 Å². The number of nitrogens with one attached hydrogen (secondary N) is 1. The lowest BCUT2D eigenvalue weighted by Crippen LogP contribution is -2.46. The molecule has 1 fully saturated rings. The number of aryl methyl sites for hydroxylation is 1. The van der Waals surface area contributed by atoms with Gasteiger partial charge >= 0.3 is 6.18 Å².